The molecule has 0 aromatic heterocycles. The number of nitrogens with one attached hydrogen (secondary N) is 2. The van der Waals surface area contributed by atoms with Gasteiger partial charge in [-0.3, -0.25) is 10.1 Å². The number of carbonyl (C=O) groups is 3. The number of benzene rings is 1. The SMILES string of the molecule is COc1cc(C(=O)O)ccc1C1(C(C)(F)F)NC(=O)NC1=O. The van der Waals surface area contributed by atoms with E-state index in [4.69, 9.17) is 9.84 Å². The molecule has 1 atom stereocenters. The van der Waals surface area contributed by atoms with E-state index in [9.17, 15) is 23.2 Å². The number of rotatable bonds is 4. The van der Waals surface area contributed by atoms with Crippen LogP contribution in [0.25, 0.3) is 0 Å². The number of alkyl halides is 2. The molecule has 1 aliphatic rings. The van der Waals surface area contributed by atoms with E-state index in [1.165, 1.54) is 0 Å². The van der Waals surface area contributed by atoms with Crippen LogP contribution in [0.5, 0.6) is 5.75 Å². The van der Waals surface area contributed by atoms with Gasteiger partial charge in [0, 0.05) is 12.5 Å². The van der Waals surface area contributed by atoms with Gasteiger partial charge in [0.2, 0.25) is 5.54 Å². The summed E-state index contributed by atoms with van der Waals surface area (Å²) < 4.78 is 33.2. The lowest BCUT2D eigenvalue weighted by Crippen LogP contribution is -2.56. The fourth-order valence-electron chi connectivity index (χ4n) is 2.32. The molecule has 0 saturated carbocycles. The van der Waals surface area contributed by atoms with Crippen LogP contribution in [0.2, 0.25) is 0 Å². The Hall–Kier alpha value is -2.71. The number of hydrogen-bond acceptors (Lipinski definition) is 4. The number of hydrogen-bond donors (Lipinski definition) is 3. The third kappa shape index (κ3) is 2.14. The Morgan fingerprint density at radius 1 is 1.36 bits per heavy atom. The smallest absolute Gasteiger partial charge is 0.335 e. The second-order valence-corrected chi connectivity index (χ2v) is 4.77. The average molecular weight is 314 g/mol. The summed E-state index contributed by atoms with van der Waals surface area (Å²) in [4.78, 5) is 34.3. The van der Waals surface area contributed by atoms with Gasteiger partial charge in [-0.05, 0) is 12.1 Å². The molecule has 3 N–H and O–H groups in total. The Balaban J connectivity index is 2.72. The predicted octanol–water partition coefficient (Wildman–Crippen LogP) is 1.08. The molecule has 1 fully saturated rings. The summed E-state index contributed by atoms with van der Waals surface area (Å²) in [7, 11) is 1.14. The molecule has 0 bridgehead atoms. The topological polar surface area (TPSA) is 105 Å². The standard InChI is InChI=1S/C13H12F2N2O5/c1-12(14,15)13(10(20)16-11(21)17-13)7-4-3-6(9(18)19)5-8(7)22-2/h3-5H,1-2H3,(H,18,19)(H2,16,17,20,21). The lowest BCUT2D eigenvalue weighted by Gasteiger charge is -2.33. The number of urea groups is 1. The molecule has 7 nitrogen and oxygen atoms in total. The quantitative estimate of drug-likeness (QED) is 0.721. The third-order valence-electron chi connectivity index (χ3n) is 3.38. The number of carboxylic acid groups (broad SMARTS) is 1. The van der Waals surface area contributed by atoms with Crippen LogP contribution in [0.3, 0.4) is 0 Å². The fourth-order valence-corrected chi connectivity index (χ4v) is 2.32. The van der Waals surface area contributed by atoms with E-state index >= 15 is 0 Å². The van der Waals surface area contributed by atoms with E-state index in [0.29, 0.717) is 6.92 Å². The molecule has 0 radical (unpaired) electrons. The zero-order valence-corrected chi connectivity index (χ0v) is 11.6. The Morgan fingerprint density at radius 3 is 2.41 bits per heavy atom. The van der Waals surface area contributed by atoms with Gasteiger partial charge < -0.3 is 15.2 Å². The Kier molecular flexibility index (Phi) is 3.52. The largest absolute Gasteiger partial charge is 0.496 e. The number of ether oxygens (including phenoxy) is 1. The molecule has 1 aromatic rings. The van der Waals surface area contributed by atoms with Crippen molar-refractivity contribution in [1.29, 1.82) is 0 Å². The van der Waals surface area contributed by atoms with Gasteiger partial charge in [-0.25, -0.2) is 18.4 Å². The van der Waals surface area contributed by atoms with Crippen LogP contribution < -0.4 is 15.4 Å². The van der Waals surface area contributed by atoms with Crippen LogP contribution >= 0.6 is 0 Å². The van der Waals surface area contributed by atoms with Gasteiger partial charge in [0.25, 0.3) is 11.8 Å². The van der Waals surface area contributed by atoms with Gasteiger partial charge in [-0.15, -0.1) is 0 Å². The fraction of sp³-hybridized carbons (Fsp3) is 0.308. The number of halogens is 2. The first kappa shape index (κ1) is 15.7. The zero-order valence-electron chi connectivity index (χ0n) is 11.6. The molecule has 1 saturated heterocycles. The number of amides is 3. The summed E-state index contributed by atoms with van der Waals surface area (Å²) in [5.41, 5.74) is -3.22. The number of aromatic carboxylic acids is 1. The van der Waals surface area contributed by atoms with Crippen LogP contribution in [-0.4, -0.2) is 36.0 Å². The molecule has 1 heterocycles. The Morgan fingerprint density at radius 2 is 2.00 bits per heavy atom. The summed E-state index contributed by atoms with van der Waals surface area (Å²) in [6.07, 6.45) is 0. The van der Waals surface area contributed by atoms with Crippen LogP contribution in [-0.2, 0) is 10.3 Å². The van der Waals surface area contributed by atoms with Gasteiger partial charge in [-0.2, -0.15) is 0 Å². The highest BCUT2D eigenvalue weighted by molar-refractivity contribution is 6.08. The van der Waals surface area contributed by atoms with Crippen LogP contribution in [0, 0.1) is 0 Å². The zero-order chi connectivity index (χ0) is 16.7. The lowest BCUT2D eigenvalue weighted by molar-refractivity contribution is -0.140. The van der Waals surface area contributed by atoms with E-state index < -0.39 is 29.4 Å². The molecule has 0 aliphatic carbocycles. The summed E-state index contributed by atoms with van der Waals surface area (Å²) >= 11 is 0. The molecule has 1 aromatic carbocycles. The maximum absolute atomic E-state index is 14.1. The van der Waals surface area contributed by atoms with Crippen molar-refractivity contribution in [3.63, 3.8) is 0 Å². The number of methoxy groups -OCH3 is 1. The first-order chi connectivity index (χ1) is 10.1. The van der Waals surface area contributed by atoms with Crippen molar-refractivity contribution < 1.29 is 33.0 Å². The van der Waals surface area contributed by atoms with Crippen molar-refractivity contribution in [2.24, 2.45) is 0 Å². The van der Waals surface area contributed by atoms with Crippen LogP contribution in [0.15, 0.2) is 18.2 Å². The van der Waals surface area contributed by atoms with Crippen molar-refractivity contribution >= 4 is 17.9 Å². The highest BCUT2D eigenvalue weighted by Crippen LogP contribution is 2.43. The van der Waals surface area contributed by atoms with E-state index in [2.05, 4.69) is 0 Å². The van der Waals surface area contributed by atoms with Gasteiger partial charge in [-0.1, -0.05) is 6.07 Å². The lowest BCUT2D eigenvalue weighted by atomic mass is 9.83. The number of carboxylic acids is 1. The second-order valence-electron chi connectivity index (χ2n) is 4.77. The minimum Gasteiger partial charge on any atom is -0.496 e. The van der Waals surface area contributed by atoms with Crippen LogP contribution in [0.1, 0.15) is 22.8 Å². The van der Waals surface area contributed by atoms with Crippen molar-refractivity contribution in [2.45, 2.75) is 18.4 Å². The number of imide groups is 1. The predicted molar refractivity (Wildman–Crippen MR) is 68.9 cm³/mol. The van der Waals surface area contributed by atoms with Crippen molar-refractivity contribution in [2.75, 3.05) is 7.11 Å². The van der Waals surface area contributed by atoms with Gasteiger partial charge in [0.1, 0.15) is 5.75 Å². The minimum atomic E-state index is -3.67. The molecule has 22 heavy (non-hydrogen) atoms. The maximum Gasteiger partial charge on any atom is 0.335 e. The maximum atomic E-state index is 14.1. The van der Waals surface area contributed by atoms with E-state index in [1.54, 1.807) is 5.32 Å². The molecular formula is C13H12F2N2O5. The molecule has 3 amide bonds. The highest BCUT2D eigenvalue weighted by atomic mass is 19.3. The Labute approximate surface area is 123 Å². The minimum absolute atomic E-state index is 0.208. The van der Waals surface area contributed by atoms with E-state index in [-0.39, 0.29) is 16.9 Å². The summed E-state index contributed by atoms with van der Waals surface area (Å²) in [5, 5.41) is 12.6. The van der Waals surface area contributed by atoms with Crippen LogP contribution in [0.4, 0.5) is 13.6 Å². The Bertz CT molecular complexity index is 671. The normalized spacial score (nSPS) is 21.3. The summed E-state index contributed by atoms with van der Waals surface area (Å²) in [6, 6.07) is 2.00. The summed E-state index contributed by atoms with van der Waals surface area (Å²) in [6.45, 7) is 0.475. The molecule has 0 spiro atoms. The van der Waals surface area contributed by atoms with Crippen molar-refractivity contribution in [3.8, 4) is 5.75 Å². The van der Waals surface area contributed by atoms with Gasteiger partial charge >= 0.3 is 12.0 Å². The second kappa shape index (κ2) is 4.93. The molecule has 1 unspecified atom stereocenters. The summed E-state index contributed by atoms with van der Waals surface area (Å²) in [5.74, 6) is -6.45. The monoisotopic (exact) mass is 314 g/mol. The average Bonchev–Trinajstić information content (AvgIpc) is 2.73. The number of carbonyl (C=O) groups excluding carboxylic acids is 2. The van der Waals surface area contributed by atoms with E-state index in [1.807, 2.05) is 5.32 Å². The molecule has 2 rings (SSSR count). The van der Waals surface area contributed by atoms with Crippen molar-refractivity contribution in [3.05, 3.63) is 29.3 Å². The highest BCUT2D eigenvalue weighted by Gasteiger charge is 2.63. The van der Waals surface area contributed by atoms with Gasteiger partial charge in [0.15, 0.2) is 0 Å². The first-order valence-electron chi connectivity index (χ1n) is 6.06. The van der Waals surface area contributed by atoms with Crippen molar-refractivity contribution in [1.82, 2.24) is 10.6 Å². The molecular weight excluding hydrogens is 302 g/mol. The third-order valence-corrected chi connectivity index (χ3v) is 3.38. The van der Waals surface area contributed by atoms with Gasteiger partial charge in [0.05, 0.1) is 12.7 Å². The molecule has 118 valence electrons. The van der Waals surface area contributed by atoms with E-state index in [0.717, 1.165) is 25.3 Å². The molecule has 9 heteroatoms. The first-order valence-corrected chi connectivity index (χ1v) is 6.06. The molecule has 1 aliphatic heterocycles.